The summed E-state index contributed by atoms with van der Waals surface area (Å²) in [5.41, 5.74) is 4.85. The summed E-state index contributed by atoms with van der Waals surface area (Å²) in [4.78, 5) is 18.1. The van der Waals surface area contributed by atoms with Crippen molar-refractivity contribution in [1.29, 1.82) is 0 Å². The normalized spacial score (nSPS) is 18.1. The molecule has 0 spiro atoms. The van der Waals surface area contributed by atoms with Gasteiger partial charge in [-0.25, -0.2) is 14.4 Å². The Bertz CT molecular complexity index is 599. The molecule has 0 saturated carbocycles. The fourth-order valence-corrected chi connectivity index (χ4v) is 2.67. The molecule has 6 heteroatoms. The van der Waals surface area contributed by atoms with Gasteiger partial charge in [0.05, 0.1) is 6.54 Å². The maximum absolute atomic E-state index is 13.7. The van der Waals surface area contributed by atoms with Gasteiger partial charge in [0.1, 0.15) is 5.82 Å². The lowest BCUT2D eigenvalue weighted by atomic mass is 10.1. The molecule has 1 N–H and O–H groups in total. The zero-order valence-corrected chi connectivity index (χ0v) is 12.3. The van der Waals surface area contributed by atoms with Gasteiger partial charge in [-0.1, -0.05) is 26.0 Å². The standard InChI is InChI=1S/C15H19FN4O/c1-10(2)14(21)20-7-6-17-15(20)18-19-8-11-4-3-5-13(16)12(11)9-19/h3-5,10H,6-9H2,1-2H3,(H,17,18). The average molecular weight is 290 g/mol. The van der Waals surface area contributed by atoms with Crippen LogP contribution in [0.5, 0.6) is 0 Å². The molecule has 112 valence electrons. The van der Waals surface area contributed by atoms with Crippen LogP contribution in [0.25, 0.3) is 0 Å². The summed E-state index contributed by atoms with van der Waals surface area (Å²) in [5.74, 6) is 0.382. The van der Waals surface area contributed by atoms with Crippen LogP contribution in [0.4, 0.5) is 4.39 Å². The minimum atomic E-state index is -0.180. The molecule has 0 aliphatic carbocycles. The lowest BCUT2D eigenvalue weighted by Crippen LogP contribution is -2.49. The highest BCUT2D eigenvalue weighted by atomic mass is 19.1. The molecule has 0 atom stereocenters. The molecule has 2 aliphatic rings. The predicted octanol–water partition coefficient (Wildman–Crippen LogP) is 1.50. The number of nitrogens with zero attached hydrogens (tertiary/aromatic N) is 3. The smallest absolute Gasteiger partial charge is 0.231 e. The number of benzene rings is 1. The Morgan fingerprint density at radius 3 is 2.90 bits per heavy atom. The van der Waals surface area contributed by atoms with Gasteiger partial charge < -0.3 is 0 Å². The van der Waals surface area contributed by atoms with Crippen molar-refractivity contribution >= 4 is 11.9 Å². The topological polar surface area (TPSA) is 47.9 Å². The molecule has 1 amide bonds. The Balaban J connectivity index is 1.69. The lowest BCUT2D eigenvalue weighted by Gasteiger charge is -2.25. The summed E-state index contributed by atoms with van der Waals surface area (Å²) < 4.78 is 13.7. The number of rotatable bonds is 2. The number of hydrazine groups is 1. The highest BCUT2D eigenvalue weighted by molar-refractivity contribution is 5.98. The summed E-state index contributed by atoms with van der Waals surface area (Å²) >= 11 is 0. The van der Waals surface area contributed by atoms with Crippen molar-refractivity contribution < 1.29 is 9.18 Å². The van der Waals surface area contributed by atoms with E-state index < -0.39 is 0 Å². The van der Waals surface area contributed by atoms with Crippen LogP contribution in [0.15, 0.2) is 23.2 Å². The van der Waals surface area contributed by atoms with Crippen molar-refractivity contribution in [3.8, 4) is 0 Å². The minimum Gasteiger partial charge on any atom is -0.288 e. The third-order valence-corrected chi connectivity index (χ3v) is 3.78. The zero-order chi connectivity index (χ0) is 15.0. The lowest BCUT2D eigenvalue weighted by molar-refractivity contribution is -0.130. The highest BCUT2D eigenvalue weighted by Gasteiger charge is 2.29. The third kappa shape index (κ3) is 2.63. The van der Waals surface area contributed by atoms with Gasteiger partial charge in [0, 0.05) is 31.1 Å². The molecule has 2 aliphatic heterocycles. The van der Waals surface area contributed by atoms with Crippen LogP contribution in [-0.4, -0.2) is 34.9 Å². The number of carbonyl (C=O) groups excluding carboxylic acids is 1. The van der Waals surface area contributed by atoms with Crippen molar-refractivity contribution in [2.75, 3.05) is 13.1 Å². The fraction of sp³-hybridized carbons (Fsp3) is 0.467. The summed E-state index contributed by atoms with van der Waals surface area (Å²) in [7, 11) is 0. The molecule has 0 radical (unpaired) electrons. The van der Waals surface area contributed by atoms with Gasteiger partial charge in [-0.15, -0.1) is 0 Å². The molecule has 5 nitrogen and oxygen atoms in total. The quantitative estimate of drug-likeness (QED) is 0.898. The fourth-order valence-electron chi connectivity index (χ4n) is 2.67. The SMILES string of the molecule is CC(C)C(=O)N1CCN=C1NN1Cc2cccc(F)c2C1. The van der Waals surface area contributed by atoms with E-state index in [9.17, 15) is 9.18 Å². The molecule has 0 fully saturated rings. The molecular formula is C15H19FN4O. The maximum atomic E-state index is 13.7. The summed E-state index contributed by atoms with van der Waals surface area (Å²) in [6, 6.07) is 5.12. The van der Waals surface area contributed by atoms with Crippen molar-refractivity contribution in [3.63, 3.8) is 0 Å². The number of amides is 1. The zero-order valence-electron chi connectivity index (χ0n) is 12.3. The van der Waals surface area contributed by atoms with E-state index in [1.54, 1.807) is 11.0 Å². The van der Waals surface area contributed by atoms with E-state index in [1.165, 1.54) is 6.07 Å². The van der Waals surface area contributed by atoms with Gasteiger partial charge in [0.25, 0.3) is 0 Å². The number of halogens is 1. The maximum Gasteiger partial charge on any atom is 0.231 e. The van der Waals surface area contributed by atoms with Crippen molar-refractivity contribution in [2.24, 2.45) is 10.9 Å². The molecule has 3 rings (SSSR count). The van der Waals surface area contributed by atoms with Gasteiger partial charge >= 0.3 is 0 Å². The Hall–Kier alpha value is -1.95. The minimum absolute atomic E-state index is 0.0571. The second-order valence-corrected chi connectivity index (χ2v) is 5.70. The first kappa shape index (κ1) is 14.0. The van der Waals surface area contributed by atoms with E-state index in [-0.39, 0.29) is 17.6 Å². The Morgan fingerprint density at radius 1 is 1.38 bits per heavy atom. The van der Waals surface area contributed by atoms with Crippen LogP contribution in [0.3, 0.4) is 0 Å². The molecule has 0 unspecified atom stereocenters. The number of nitrogens with one attached hydrogen (secondary N) is 1. The number of carbonyl (C=O) groups is 1. The molecular weight excluding hydrogens is 271 g/mol. The van der Waals surface area contributed by atoms with Crippen LogP contribution in [0.2, 0.25) is 0 Å². The van der Waals surface area contributed by atoms with E-state index in [1.807, 2.05) is 24.9 Å². The van der Waals surface area contributed by atoms with E-state index in [0.717, 1.165) is 5.56 Å². The summed E-state index contributed by atoms with van der Waals surface area (Å²) in [6.45, 7) is 6.05. The van der Waals surface area contributed by atoms with Crippen LogP contribution >= 0.6 is 0 Å². The van der Waals surface area contributed by atoms with Gasteiger partial charge in [0.2, 0.25) is 11.9 Å². The van der Waals surface area contributed by atoms with Crippen LogP contribution in [-0.2, 0) is 17.9 Å². The van der Waals surface area contributed by atoms with Crippen molar-refractivity contribution in [2.45, 2.75) is 26.9 Å². The van der Waals surface area contributed by atoms with Crippen LogP contribution in [0, 0.1) is 11.7 Å². The Kier molecular flexibility index (Phi) is 3.63. The number of aliphatic imine (C=N–C) groups is 1. The number of fused-ring (bicyclic) bond motifs is 1. The first-order valence-corrected chi connectivity index (χ1v) is 7.20. The molecule has 1 aromatic rings. The molecule has 21 heavy (non-hydrogen) atoms. The number of hydrogen-bond acceptors (Lipinski definition) is 4. The van der Waals surface area contributed by atoms with Gasteiger partial charge in [-0.2, -0.15) is 0 Å². The summed E-state index contributed by atoms with van der Waals surface area (Å²) in [6.07, 6.45) is 0. The van der Waals surface area contributed by atoms with Crippen LogP contribution < -0.4 is 5.43 Å². The molecule has 0 saturated heterocycles. The molecule has 2 heterocycles. The number of guanidine groups is 1. The second-order valence-electron chi connectivity index (χ2n) is 5.70. The van der Waals surface area contributed by atoms with Gasteiger partial charge in [-0.3, -0.25) is 15.1 Å². The van der Waals surface area contributed by atoms with E-state index in [0.29, 0.717) is 37.7 Å². The highest BCUT2D eigenvalue weighted by Crippen LogP contribution is 2.23. The largest absolute Gasteiger partial charge is 0.288 e. The van der Waals surface area contributed by atoms with E-state index >= 15 is 0 Å². The molecule has 1 aromatic carbocycles. The molecule has 0 bridgehead atoms. The van der Waals surface area contributed by atoms with E-state index in [2.05, 4.69) is 10.4 Å². The average Bonchev–Trinajstić information content (AvgIpc) is 3.05. The van der Waals surface area contributed by atoms with Crippen molar-refractivity contribution in [1.82, 2.24) is 15.3 Å². The van der Waals surface area contributed by atoms with Gasteiger partial charge in [-0.05, 0) is 11.6 Å². The first-order valence-electron chi connectivity index (χ1n) is 7.20. The monoisotopic (exact) mass is 290 g/mol. The number of hydrogen-bond donors (Lipinski definition) is 1. The Morgan fingerprint density at radius 2 is 2.19 bits per heavy atom. The Labute approximate surface area is 123 Å². The van der Waals surface area contributed by atoms with E-state index in [4.69, 9.17) is 0 Å². The third-order valence-electron chi connectivity index (χ3n) is 3.78. The molecule has 0 aromatic heterocycles. The second kappa shape index (κ2) is 5.44. The van der Waals surface area contributed by atoms with Crippen molar-refractivity contribution in [3.05, 3.63) is 35.1 Å². The van der Waals surface area contributed by atoms with Crippen LogP contribution in [0.1, 0.15) is 25.0 Å². The predicted molar refractivity (Wildman–Crippen MR) is 77.6 cm³/mol. The summed E-state index contributed by atoms with van der Waals surface area (Å²) in [5, 5.41) is 1.89. The van der Waals surface area contributed by atoms with Gasteiger partial charge in [0.15, 0.2) is 0 Å². The first-order chi connectivity index (χ1) is 10.1.